The zero-order chi connectivity index (χ0) is 22.5. The SMILES string of the molecule is CC12[C@H]3C[C@@H]1C[C@@H](N1[C@@H]4CCC[C@H]1C[C@@H](n1c(=O)c(C(=O)O)nc5ccccc51)C4)C[C@H]2C3. The number of carbonyl (C=O) groups is 1. The quantitative estimate of drug-likeness (QED) is 0.751. The lowest BCUT2D eigenvalue weighted by Crippen LogP contribution is -2.68. The number of aromatic nitrogens is 2. The van der Waals surface area contributed by atoms with Crippen molar-refractivity contribution in [2.24, 2.45) is 23.2 Å². The maximum absolute atomic E-state index is 13.3. The van der Waals surface area contributed by atoms with Crippen molar-refractivity contribution in [1.82, 2.24) is 14.5 Å². The van der Waals surface area contributed by atoms with Crippen LogP contribution < -0.4 is 5.56 Å². The highest BCUT2D eigenvalue weighted by molar-refractivity contribution is 5.88. The Morgan fingerprint density at radius 3 is 2.21 bits per heavy atom. The lowest BCUT2D eigenvalue weighted by Gasteiger charge is -2.72. The molecule has 0 radical (unpaired) electrons. The molecular formula is C27H33N3O3. The van der Waals surface area contributed by atoms with Crippen LogP contribution in [0.3, 0.4) is 0 Å². The standard InChI is InChI=1S/C27H33N3O3/c1-27-15-9-16(27)11-20(12-17(27)10-15)29-18-5-4-6-19(29)14-21(13-18)30-23-8-3-2-7-22(23)28-24(25(30)31)26(32)33/h2-3,7-8,15-21H,4-6,9-14H2,1H3,(H,32,33)/t15-,16-,17-,18-,19+,20+,21+,27?/m1/s1. The summed E-state index contributed by atoms with van der Waals surface area (Å²) in [5.74, 6) is 1.61. The number of carboxylic acid groups (broad SMARTS) is 1. The largest absolute Gasteiger partial charge is 0.476 e. The minimum absolute atomic E-state index is 0.0423. The van der Waals surface area contributed by atoms with Crippen LogP contribution in [0.2, 0.25) is 0 Å². The summed E-state index contributed by atoms with van der Waals surface area (Å²) in [6.07, 6.45) is 11.2. The number of nitrogens with zero attached hydrogens (tertiary/aromatic N) is 3. The van der Waals surface area contributed by atoms with Crippen molar-refractivity contribution in [3.05, 3.63) is 40.3 Å². The van der Waals surface area contributed by atoms with E-state index in [1.165, 1.54) is 44.9 Å². The number of para-hydroxylation sites is 2. The van der Waals surface area contributed by atoms with Gasteiger partial charge in [-0.1, -0.05) is 25.5 Å². The van der Waals surface area contributed by atoms with Gasteiger partial charge >= 0.3 is 5.97 Å². The van der Waals surface area contributed by atoms with Crippen molar-refractivity contribution in [3.8, 4) is 0 Å². The van der Waals surface area contributed by atoms with Crippen molar-refractivity contribution in [2.75, 3.05) is 0 Å². The van der Waals surface area contributed by atoms with E-state index in [0.29, 0.717) is 29.1 Å². The second-order valence-electron chi connectivity index (χ2n) is 11.8. The number of piperidine rings is 2. The average Bonchev–Trinajstić information content (AvgIpc) is 2.77. The van der Waals surface area contributed by atoms with Crippen molar-refractivity contribution in [1.29, 1.82) is 0 Å². The highest BCUT2D eigenvalue weighted by Gasteiger charge is 2.66. The van der Waals surface area contributed by atoms with Gasteiger partial charge in [-0.3, -0.25) is 9.69 Å². The topological polar surface area (TPSA) is 75.4 Å². The van der Waals surface area contributed by atoms with Crippen molar-refractivity contribution >= 4 is 17.0 Å². The highest BCUT2D eigenvalue weighted by atomic mass is 16.4. The molecule has 2 aliphatic heterocycles. The van der Waals surface area contributed by atoms with Crippen LogP contribution in [0.5, 0.6) is 0 Å². The number of benzene rings is 1. The minimum Gasteiger partial charge on any atom is -0.476 e. The van der Waals surface area contributed by atoms with E-state index < -0.39 is 11.5 Å². The summed E-state index contributed by atoms with van der Waals surface area (Å²) in [6.45, 7) is 2.56. The van der Waals surface area contributed by atoms with E-state index in [9.17, 15) is 14.7 Å². The Balaban J connectivity index is 1.23. The Kier molecular flexibility index (Phi) is 4.23. The number of hydrogen-bond acceptors (Lipinski definition) is 4. The van der Waals surface area contributed by atoms with Gasteiger partial charge in [-0.25, -0.2) is 9.78 Å². The van der Waals surface area contributed by atoms with Crippen molar-refractivity contribution in [3.63, 3.8) is 0 Å². The molecule has 3 heterocycles. The van der Waals surface area contributed by atoms with E-state index in [4.69, 9.17) is 0 Å². The van der Waals surface area contributed by atoms with Gasteiger partial charge in [0.2, 0.25) is 5.69 Å². The molecule has 0 unspecified atom stereocenters. The molecule has 6 heteroatoms. The molecule has 2 bridgehead atoms. The fraction of sp³-hybridized carbons (Fsp3) is 0.667. The van der Waals surface area contributed by atoms with Crippen LogP contribution >= 0.6 is 0 Å². The molecule has 5 atom stereocenters. The van der Waals surface area contributed by atoms with Crippen LogP contribution in [-0.4, -0.2) is 43.7 Å². The molecule has 7 rings (SSSR count). The maximum atomic E-state index is 13.3. The van der Waals surface area contributed by atoms with Gasteiger partial charge in [0, 0.05) is 24.2 Å². The third-order valence-corrected chi connectivity index (χ3v) is 10.7. The first-order chi connectivity index (χ1) is 15.9. The van der Waals surface area contributed by atoms with Crippen molar-refractivity contribution in [2.45, 2.75) is 88.9 Å². The molecule has 1 aromatic carbocycles. The van der Waals surface area contributed by atoms with Gasteiger partial charge in [-0.05, 0) is 86.7 Å². The molecule has 2 saturated heterocycles. The molecule has 3 saturated carbocycles. The lowest BCUT2D eigenvalue weighted by atomic mass is 9.34. The van der Waals surface area contributed by atoms with Crippen LogP contribution in [0.25, 0.3) is 11.0 Å². The van der Waals surface area contributed by atoms with E-state index in [1.54, 1.807) is 4.57 Å². The van der Waals surface area contributed by atoms with Gasteiger partial charge < -0.3 is 9.67 Å². The molecule has 0 amide bonds. The van der Waals surface area contributed by atoms with E-state index >= 15 is 0 Å². The fourth-order valence-electron chi connectivity index (χ4n) is 9.03. The van der Waals surface area contributed by atoms with Gasteiger partial charge in [-0.15, -0.1) is 0 Å². The minimum atomic E-state index is -1.23. The van der Waals surface area contributed by atoms with Gasteiger partial charge in [0.25, 0.3) is 5.56 Å². The second-order valence-corrected chi connectivity index (χ2v) is 11.8. The Morgan fingerprint density at radius 1 is 0.939 bits per heavy atom. The van der Waals surface area contributed by atoms with Crippen LogP contribution in [0.1, 0.15) is 81.2 Å². The monoisotopic (exact) mass is 447 g/mol. The Morgan fingerprint density at radius 2 is 1.58 bits per heavy atom. The predicted molar refractivity (Wildman–Crippen MR) is 125 cm³/mol. The summed E-state index contributed by atoms with van der Waals surface area (Å²) < 4.78 is 1.79. The maximum Gasteiger partial charge on any atom is 0.360 e. The number of fused-ring (bicyclic) bond motifs is 3. The van der Waals surface area contributed by atoms with Crippen LogP contribution in [-0.2, 0) is 0 Å². The van der Waals surface area contributed by atoms with Gasteiger partial charge in [-0.2, -0.15) is 0 Å². The predicted octanol–water partition coefficient (Wildman–Crippen LogP) is 4.48. The normalized spacial score (nSPS) is 41.7. The second kappa shape index (κ2) is 6.91. The van der Waals surface area contributed by atoms with Gasteiger partial charge in [0.1, 0.15) is 0 Å². The molecule has 5 aliphatic rings. The summed E-state index contributed by atoms with van der Waals surface area (Å²) in [6, 6.07) is 9.25. The zero-order valence-corrected chi connectivity index (χ0v) is 19.3. The number of hydrogen-bond donors (Lipinski definition) is 1. The first-order valence-electron chi connectivity index (χ1n) is 13.0. The molecule has 6 nitrogen and oxygen atoms in total. The fourth-order valence-corrected chi connectivity index (χ4v) is 9.03. The molecule has 1 N–H and O–H groups in total. The lowest BCUT2D eigenvalue weighted by molar-refractivity contribution is -0.231. The van der Waals surface area contributed by atoms with Gasteiger partial charge in [0.15, 0.2) is 0 Å². The molecule has 2 aromatic rings. The number of carboxylic acids is 1. The molecule has 174 valence electrons. The van der Waals surface area contributed by atoms with E-state index in [-0.39, 0.29) is 11.7 Å². The number of aromatic carboxylic acids is 1. The first kappa shape index (κ1) is 20.2. The summed E-state index contributed by atoms with van der Waals surface area (Å²) in [5, 5.41) is 9.64. The summed E-state index contributed by atoms with van der Waals surface area (Å²) in [5.41, 5.74) is 1.23. The first-order valence-corrected chi connectivity index (χ1v) is 13.0. The molecular weight excluding hydrogens is 414 g/mol. The average molecular weight is 448 g/mol. The van der Waals surface area contributed by atoms with Crippen LogP contribution in [0, 0.1) is 23.2 Å². The van der Waals surface area contributed by atoms with Crippen LogP contribution in [0.15, 0.2) is 29.1 Å². The Hall–Kier alpha value is -2.21. The highest BCUT2D eigenvalue weighted by Crippen LogP contribution is 2.72. The molecule has 3 aliphatic carbocycles. The summed E-state index contributed by atoms with van der Waals surface area (Å²) >= 11 is 0. The van der Waals surface area contributed by atoms with E-state index in [0.717, 1.165) is 36.1 Å². The zero-order valence-electron chi connectivity index (χ0n) is 19.3. The van der Waals surface area contributed by atoms with E-state index in [1.807, 2.05) is 24.3 Å². The molecule has 1 aromatic heterocycles. The van der Waals surface area contributed by atoms with Crippen molar-refractivity contribution < 1.29 is 9.90 Å². The third-order valence-electron chi connectivity index (χ3n) is 10.7. The van der Waals surface area contributed by atoms with E-state index in [2.05, 4.69) is 16.8 Å². The Bertz CT molecular complexity index is 1170. The third kappa shape index (κ3) is 2.67. The number of rotatable bonds is 3. The molecule has 0 spiro atoms. The van der Waals surface area contributed by atoms with Crippen LogP contribution in [0.4, 0.5) is 0 Å². The summed E-state index contributed by atoms with van der Waals surface area (Å²) in [4.78, 5) is 32.2. The Labute approximate surface area is 194 Å². The molecule has 33 heavy (non-hydrogen) atoms. The van der Waals surface area contributed by atoms with Gasteiger partial charge in [0.05, 0.1) is 11.0 Å². The molecule has 5 fully saturated rings. The smallest absolute Gasteiger partial charge is 0.360 e. The summed E-state index contributed by atoms with van der Waals surface area (Å²) in [7, 11) is 0.